The summed E-state index contributed by atoms with van der Waals surface area (Å²) in [6.07, 6.45) is 3.55. The molecule has 5 heteroatoms. The van der Waals surface area contributed by atoms with Crippen LogP contribution in [0.4, 0.5) is 0 Å². The minimum absolute atomic E-state index is 0.109. The summed E-state index contributed by atoms with van der Waals surface area (Å²) in [4.78, 5) is 16.3. The Hall–Kier alpha value is -1.26. The van der Waals surface area contributed by atoms with Crippen molar-refractivity contribution >= 4 is 40.0 Å². The van der Waals surface area contributed by atoms with Crippen LogP contribution in [0.25, 0.3) is 10.8 Å². The molecular weight excluding hydrogens is 280 g/mol. The number of pyridine rings is 1. The number of aromatic nitrogens is 1. The van der Waals surface area contributed by atoms with E-state index in [1.165, 1.54) is 6.20 Å². The van der Waals surface area contributed by atoms with E-state index in [9.17, 15) is 4.79 Å². The topological polar surface area (TPSA) is 42.0 Å². The van der Waals surface area contributed by atoms with Gasteiger partial charge in [0.15, 0.2) is 0 Å². The number of rotatable bonds is 4. The van der Waals surface area contributed by atoms with Crippen LogP contribution >= 0.6 is 23.4 Å². The second kappa shape index (κ2) is 6.26. The first-order valence-electron chi connectivity index (χ1n) is 5.96. The Morgan fingerprint density at radius 1 is 1.42 bits per heavy atom. The summed E-state index contributed by atoms with van der Waals surface area (Å²) in [7, 11) is 0. The Morgan fingerprint density at radius 2 is 2.11 bits per heavy atom. The fourth-order valence-corrected chi connectivity index (χ4v) is 2.73. The standard InChI is InChI=1S/C14H15ClN2OS/c1-9(8-19-2)17-14(18)12-7-16-13(15)11-6-4-3-5-10(11)12/h3-7,9H,8H2,1-2H3,(H,17,18). The molecule has 1 N–H and O–H groups in total. The molecule has 1 aromatic carbocycles. The van der Waals surface area contributed by atoms with E-state index in [4.69, 9.17) is 11.6 Å². The van der Waals surface area contributed by atoms with E-state index in [-0.39, 0.29) is 11.9 Å². The number of nitrogens with one attached hydrogen (secondary N) is 1. The zero-order chi connectivity index (χ0) is 13.8. The molecular formula is C14H15ClN2OS. The summed E-state index contributed by atoms with van der Waals surface area (Å²) in [5.74, 6) is 0.770. The molecule has 1 amide bonds. The molecule has 0 spiro atoms. The summed E-state index contributed by atoms with van der Waals surface area (Å²) in [5.41, 5.74) is 0.563. The molecule has 2 aromatic rings. The molecule has 19 heavy (non-hydrogen) atoms. The third-order valence-corrected chi connectivity index (χ3v) is 3.92. The molecule has 0 radical (unpaired) electrons. The van der Waals surface area contributed by atoms with E-state index in [2.05, 4.69) is 10.3 Å². The van der Waals surface area contributed by atoms with Crippen molar-refractivity contribution in [3.63, 3.8) is 0 Å². The molecule has 2 rings (SSSR count). The van der Waals surface area contributed by atoms with Gasteiger partial charge in [0.05, 0.1) is 5.56 Å². The first kappa shape index (κ1) is 14.2. The van der Waals surface area contributed by atoms with E-state index in [0.717, 1.165) is 16.5 Å². The van der Waals surface area contributed by atoms with E-state index < -0.39 is 0 Å². The van der Waals surface area contributed by atoms with E-state index in [1.54, 1.807) is 11.8 Å². The van der Waals surface area contributed by atoms with Gasteiger partial charge in [-0.2, -0.15) is 11.8 Å². The van der Waals surface area contributed by atoms with Gasteiger partial charge in [0, 0.05) is 23.4 Å². The van der Waals surface area contributed by atoms with Crippen LogP contribution < -0.4 is 5.32 Å². The third-order valence-electron chi connectivity index (χ3n) is 2.79. The van der Waals surface area contributed by atoms with Crippen LogP contribution in [-0.4, -0.2) is 28.9 Å². The van der Waals surface area contributed by atoms with Crippen molar-refractivity contribution in [1.82, 2.24) is 10.3 Å². The van der Waals surface area contributed by atoms with Crippen LogP contribution in [0.5, 0.6) is 0 Å². The largest absolute Gasteiger partial charge is 0.349 e. The van der Waals surface area contributed by atoms with Gasteiger partial charge in [-0.15, -0.1) is 0 Å². The number of halogens is 1. The van der Waals surface area contributed by atoms with Gasteiger partial charge in [0.25, 0.3) is 5.91 Å². The fourth-order valence-electron chi connectivity index (χ4n) is 1.93. The minimum Gasteiger partial charge on any atom is -0.349 e. The van der Waals surface area contributed by atoms with Crippen LogP contribution in [0.1, 0.15) is 17.3 Å². The van der Waals surface area contributed by atoms with Crippen molar-refractivity contribution in [2.24, 2.45) is 0 Å². The van der Waals surface area contributed by atoms with Crippen LogP contribution in [0.2, 0.25) is 5.15 Å². The van der Waals surface area contributed by atoms with Crippen molar-refractivity contribution in [2.75, 3.05) is 12.0 Å². The summed E-state index contributed by atoms with van der Waals surface area (Å²) in [6, 6.07) is 7.65. The number of amides is 1. The second-order valence-electron chi connectivity index (χ2n) is 4.34. The van der Waals surface area contributed by atoms with Gasteiger partial charge in [0.2, 0.25) is 0 Å². The van der Waals surface area contributed by atoms with Crippen molar-refractivity contribution < 1.29 is 4.79 Å². The Labute approximate surface area is 121 Å². The molecule has 0 bridgehead atoms. The van der Waals surface area contributed by atoms with Gasteiger partial charge in [-0.1, -0.05) is 35.9 Å². The van der Waals surface area contributed by atoms with Crippen LogP contribution in [0, 0.1) is 0 Å². The quantitative estimate of drug-likeness (QED) is 0.879. The van der Waals surface area contributed by atoms with Crippen molar-refractivity contribution in [2.45, 2.75) is 13.0 Å². The summed E-state index contributed by atoms with van der Waals surface area (Å²) >= 11 is 7.74. The SMILES string of the molecule is CSCC(C)NC(=O)c1cnc(Cl)c2ccccc12. The zero-order valence-electron chi connectivity index (χ0n) is 10.8. The number of carbonyl (C=O) groups excluding carboxylic acids is 1. The predicted molar refractivity (Wildman–Crippen MR) is 82.1 cm³/mol. The van der Waals surface area contributed by atoms with Crippen molar-refractivity contribution in [1.29, 1.82) is 0 Å². The number of thioether (sulfide) groups is 1. The van der Waals surface area contributed by atoms with Gasteiger partial charge in [-0.05, 0) is 18.6 Å². The smallest absolute Gasteiger partial charge is 0.253 e. The van der Waals surface area contributed by atoms with Crippen molar-refractivity contribution in [3.05, 3.63) is 41.2 Å². The summed E-state index contributed by atoms with van der Waals surface area (Å²) in [5, 5.41) is 5.02. The molecule has 3 nitrogen and oxygen atoms in total. The van der Waals surface area contributed by atoms with E-state index in [1.807, 2.05) is 37.4 Å². The number of hydrogen-bond donors (Lipinski definition) is 1. The lowest BCUT2D eigenvalue weighted by molar-refractivity contribution is 0.0945. The lowest BCUT2D eigenvalue weighted by Crippen LogP contribution is -2.34. The molecule has 1 heterocycles. The van der Waals surface area contributed by atoms with E-state index >= 15 is 0 Å². The van der Waals surface area contributed by atoms with Gasteiger partial charge in [-0.3, -0.25) is 4.79 Å². The average Bonchev–Trinajstić information content (AvgIpc) is 2.39. The molecule has 1 unspecified atom stereocenters. The van der Waals surface area contributed by atoms with Gasteiger partial charge < -0.3 is 5.32 Å². The maximum atomic E-state index is 12.3. The fraction of sp³-hybridized carbons (Fsp3) is 0.286. The number of hydrogen-bond acceptors (Lipinski definition) is 3. The highest BCUT2D eigenvalue weighted by atomic mass is 35.5. The van der Waals surface area contributed by atoms with Crippen LogP contribution in [0.3, 0.4) is 0 Å². The first-order chi connectivity index (χ1) is 9.13. The molecule has 0 fully saturated rings. The highest BCUT2D eigenvalue weighted by molar-refractivity contribution is 7.98. The molecule has 0 aliphatic rings. The minimum atomic E-state index is -0.109. The molecule has 0 saturated carbocycles. The summed E-state index contributed by atoms with van der Waals surface area (Å²) < 4.78 is 0. The average molecular weight is 295 g/mol. The highest BCUT2D eigenvalue weighted by Crippen LogP contribution is 2.24. The predicted octanol–water partition coefficient (Wildman–Crippen LogP) is 3.37. The van der Waals surface area contributed by atoms with E-state index in [0.29, 0.717) is 10.7 Å². The van der Waals surface area contributed by atoms with Gasteiger partial charge in [0.1, 0.15) is 5.15 Å². The molecule has 1 aromatic heterocycles. The second-order valence-corrected chi connectivity index (χ2v) is 5.61. The Bertz CT molecular complexity index is 603. The molecule has 100 valence electrons. The highest BCUT2D eigenvalue weighted by Gasteiger charge is 2.14. The van der Waals surface area contributed by atoms with Gasteiger partial charge >= 0.3 is 0 Å². The zero-order valence-corrected chi connectivity index (χ0v) is 12.4. The normalized spacial score (nSPS) is 12.4. The molecule has 0 saturated heterocycles. The first-order valence-corrected chi connectivity index (χ1v) is 7.73. The third kappa shape index (κ3) is 3.19. The molecule has 0 aliphatic heterocycles. The maximum Gasteiger partial charge on any atom is 0.253 e. The number of nitrogens with zero attached hydrogens (tertiary/aromatic N) is 1. The van der Waals surface area contributed by atoms with Crippen LogP contribution in [-0.2, 0) is 0 Å². The number of benzene rings is 1. The van der Waals surface area contributed by atoms with Crippen molar-refractivity contribution in [3.8, 4) is 0 Å². The number of carbonyl (C=O) groups is 1. The van der Waals surface area contributed by atoms with Gasteiger partial charge in [-0.25, -0.2) is 4.98 Å². The Balaban J connectivity index is 2.35. The summed E-state index contributed by atoms with van der Waals surface area (Å²) in [6.45, 7) is 1.99. The van der Waals surface area contributed by atoms with Crippen LogP contribution in [0.15, 0.2) is 30.5 Å². The maximum absolute atomic E-state index is 12.3. The molecule has 0 aliphatic carbocycles. The number of fused-ring (bicyclic) bond motifs is 1. The Morgan fingerprint density at radius 3 is 2.79 bits per heavy atom. The lowest BCUT2D eigenvalue weighted by atomic mass is 10.1. The monoisotopic (exact) mass is 294 g/mol. The lowest BCUT2D eigenvalue weighted by Gasteiger charge is -2.13. The molecule has 1 atom stereocenters. The Kier molecular flexibility index (Phi) is 4.66.